The van der Waals surface area contributed by atoms with Crippen molar-refractivity contribution in [3.8, 4) is 0 Å². The van der Waals surface area contributed by atoms with Gasteiger partial charge in [0.05, 0.1) is 12.7 Å². The van der Waals surface area contributed by atoms with Crippen LogP contribution in [-0.4, -0.2) is 47.9 Å². The van der Waals surface area contributed by atoms with E-state index < -0.39 is 0 Å². The first-order valence-corrected chi connectivity index (χ1v) is 4.28. The van der Waals surface area contributed by atoms with Gasteiger partial charge in [-0.1, -0.05) is 11.6 Å². The molecule has 1 N–H and O–H groups in total. The lowest BCUT2D eigenvalue weighted by atomic mass is 10.3. The van der Waals surface area contributed by atoms with Crippen LogP contribution in [0.4, 0.5) is 0 Å². The molecule has 66 valence electrons. The van der Waals surface area contributed by atoms with Crippen LogP contribution < -0.4 is 0 Å². The van der Waals surface area contributed by atoms with E-state index in [0.717, 1.165) is 6.54 Å². The zero-order chi connectivity index (χ0) is 8.27. The zero-order valence-electron chi connectivity index (χ0n) is 6.66. The summed E-state index contributed by atoms with van der Waals surface area (Å²) >= 11 is 5.75. The van der Waals surface area contributed by atoms with E-state index >= 15 is 0 Å². The molecule has 1 fully saturated rings. The van der Waals surface area contributed by atoms with Crippen LogP contribution in [0.5, 0.6) is 0 Å². The summed E-state index contributed by atoms with van der Waals surface area (Å²) in [4.78, 5) is 2.10. The van der Waals surface area contributed by atoms with Gasteiger partial charge in [-0.2, -0.15) is 0 Å². The molecule has 1 rings (SSSR count). The molecule has 0 radical (unpaired) electrons. The molecule has 2 unspecified atom stereocenters. The van der Waals surface area contributed by atoms with Crippen LogP contribution in [-0.2, 0) is 4.74 Å². The van der Waals surface area contributed by atoms with E-state index in [0.29, 0.717) is 19.7 Å². The molecule has 0 aromatic carbocycles. The Balaban J connectivity index is 2.23. The normalized spacial score (nSPS) is 30.3. The summed E-state index contributed by atoms with van der Waals surface area (Å²) in [7, 11) is 0. The van der Waals surface area contributed by atoms with Crippen molar-refractivity contribution in [2.45, 2.75) is 18.6 Å². The minimum atomic E-state index is -0.281. The highest BCUT2D eigenvalue weighted by atomic mass is 35.5. The van der Waals surface area contributed by atoms with Crippen molar-refractivity contribution < 1.29 is 9.84 Å². The Kier molecular flexibility index (Phi) is 3.59. The van der Waals surface area contributed by atoms with Gasteiger partial charge in [0.25, 0.3) is 0 Å². The number of hydrogen-bond acceptors (Lipinski definition) is 3. The molecule has 1 aliphatic heterocycles. The molecule has 0 aromatic rings. The van der Waals surface area contributed by atoms with Gasteiger partial charge in [-0.15, -0.1) is 0 Å². The molecule has 3 nitrogen and oxygen atoms in total. The molecule has 1 heterocycles. The number of nitrogens with zero attached hydrogens (tertiary/aromatic N) is 1. The molecule has 0 aromatic heterocycles. The molecule has 1 aliphatic rings. The quantitative estimate of drug-likeness (QED) is 0.618. The molecular formula is C7H14ClNO2. The van der Waals surface area contributed by atoms with Gasteiger partial charge in [-0.25, -0.2) is 0 Å². The molecule has 2 atom stereocenters. The number of alkyl halides is 1. The molecule has 0 aliphatic carbocycles. The van der Waals surface area contributed by atoms with Gasteiger partial charge in [0.1, 0.15) is 5.56 Å². The second kappa shape index (κ2) is 4.26. The van der Waals surface area contributed by atoms with E-state index in [1.165, 1.54) is 0 Å². The standard InChI is InChI=1S/C7H14ClNO2/c1-6(10)4-9-2-3-11-7(8)5-9/h6-7,10H,2-5H2,1H3. The molecule has 11 heavy (non-hydrogen) atoms. The van der Waals surface area contributed by atoms with Gasteiger partial charge in [0.2, 0.25) is 0 Å². The van der Waals surface area contributed by atoms with Gasteiger partial charge in [-0.3, -0.25) is 4.90 Å². The second-order valence-corrected chi connectivity index (χ2v) is 3.38. The summed E-state index contributed by atoms with van der Waals surface area (Å²) in [5, 5.41) is 9.07. The van der Waals surface area contributed by atoms with Crippen molar-refractivity contribution >= 4 is 11.6 Å². The Bertz CT molecular complexity index is 119. The van der Waals surface area contributed by atoms with Crippen LogP contribution >= 0.6 is 11.6 Å². The maximum absolute atomic E-state index is 9.07. The van der Waals surface area contributed by atoms with Crippen molar-refractivity contribution in [1.82, 2.24) is 4.90 Å². The Hall–Kier alpha value is 0.170. The molecule has 0 saturated carbocycles. The van der Waals surface area contributed by atoms with Crippen LogP contribution in [0.15, 0.2) is 0 Å². The second-order valence-electron chi connectivity index (χ2n) is 2.89. The number of hydrogen-bond donors (Lipinski definition) is 1. The molecule has 0 spiro atoms. The maximum Gasteiger partial charge on any atom is 0.143 e. The summed E-state index contributed by atoms with van der Waals surface area (Å²) in [6, 6.07) is 0. The molecule has 4 heteroatoms. The van der Waals surface area contributed by atoms with Crippen LogP contribution in [0.1, 0.15) is 6.92 Å². The summed E-state index contributed by atoms with van der Waals surface area (Å²) in [6.45, 7) is 4.72. The summed E-state index contributed by atoms with van der Waals surface area (Å²) in [5.41, 5.74) is -0.206. The third-order valence-electron chi connectivity index (χ3n) is 1.63. The van der Waals surface area contributed by atoms with Crippen molar-refractivity contribution in [3.05, 3.63) is 0 Å². The van der Waals surface area contributed by atoms with Crippen molar-refractivity contribution in [3.63, 3.8) is 0 Å². The number of aliphatic hydroxyl groups is 1. The number of rotatable bonds is 2. The van der Waals surface area contributed by atoms with Gasteiger partial charge < -0.3 is 9.84 Å². The first-order chi connectivity index (χ1) is 5.18. The summed E-state index contributed by atoms with van der Waals surface area (Å²) in [5.74, 6) is 0. The van der Waals surface area contributed by atoms with E-state index in [2.05, 4.69) is 4.90 Å². The Morgan fingerprint density at radius 3 is 3.09 bits per heavy atom. The molecule has 1 saturated heterocycles. The molecule has 0 bridgehead atoms. The number of ether oxygens (including phenoxy) is 1. The Labute approximate surface area is 71.9 Å². The van der Waals surface area contributed by atoms with E-state index in [9.17, 15) is 0 Å². The van der Waals surface area contributed by atoms with Crippen LogP contribution in [0.2, 0.25) is 0 Å². The third kappa shape index (κ3) is 3.38. The molecule has 0 amide bonds. The first-order valence-electron chi connectivity index (χ1n) is 3.84. The monoisotopic (exact) mass is 179 g/mol. The van der Waals surface area contributed by atoms with E-state index in [4.69, 9.17) is 21.4 Å². The fourth-order valence-corrected chi connectivity index (χ4v) is 1.48. The van der Waals surface area contributed by atoms with Crippen LogP contribution in [0.25, 0.3) is 0 Å². The number of halogens is 1. The summed E-state index contributed by atoms with van der Waals surface area (Å²) < 4.78 is 5.13. The van der Waals surface area contributed by atoms with Gasteiger partial charge in [0, 0.05) is 19.6 Å². The van der Waals surface area contributed by atoms with Gasteiger partial charge in [0.15, 0.2) is 0 Å². The Morgan fingerprint density at radius 2 is 2.55 bits per heavy atom. The SMILES string of the molecule is CC(O)CN1CCOC(Cl)C1. The van der Waals surface area contributed by atoms with Crippen molar-refractivity contribution in [2.75, 3.05) is 26.2 Å². The van der Waals surface area contributed by atoms with Crippen LogP contribution in [0.3, 0.4) is 0 Å². The molecular weight excluding hydrogens is 166 g/mol. The highest BCUT2D eigenvalue weighted by molar-refractivity contribution is 6.19. The fraction of sp³-hybridized carbons (Fsp3) is 1.00. The van der Waals surface area contributed by atoms with Gasteiger partial charge in [-0.05, 0) is 6.92 Å². The first kappa shape index (κ1) is 9.26. The highest BCUT2D eigenvalue weighted by Crippen LogP contribution is 2.08. The van der Waals surface area contributed by atoms with Crippen molar-refractivity contribution in [1.29, 1.82) is 0 Å². The lowest BCUT2D eigenvalue weighted by Gasteiger charge is -2.30. The maximum atomic E-state index is 9.07. The number of β-amino-alcohol motifs (C(OH)–C–C–N with tert-alkyl or cyclic N) is 1. The van der Waals surface area contributed by atoms with Crippen LogP contribution in [0, 0.1) is 0 Å². The van der Waals surface area contributed by atoms with Crippen molar-refractivity contribution in [2.24, 2.45) is 0 Å². The van der Waals surface area contributed by atoms with Gasteiger partial charge >= 0.3 is 0 Å². The topological polar surface area (TPSA) is 32.7 Å². The predicted molar refractivity (Wildman–Crippen MR) is 43.7 cm³/mol. The highest BCUT2D eigenvalue weighted by Gasteiger charge is 2.18. The number of aliphatic hydroxyl groups excluding tert-OH is 1. The summed E-state index contributed by atoms with van der Waals surface area (Å²) in [6.07, 6.45) is -0.281. The zero-order valence-corrected chi connectivity index (χ0v) is 7.42. The predicted octanol–water partition coefficient (Wildman–Crippen LogP) is 0.264. The third-order valence-corrected chi connectivity index (χ3v) is 1.89. The Morgan fingerprint density at radius 1 is 1.82 bits per heavy atom. The lowest BCUT2D eigenvalue weighted by Crippen LogP contribution is -2.43. The smallest absolute Gasteiger partial charge is 0.143 e. The van der Waals surface area contributed by atoms with E-state index in [1.54, 1.807) is 6.92 Å². The average Bonchev–Trinajstić information content (AvgIpc) is 1.85. The fourth-order valence-electron chi connectivity index (χ4n) is 1.20. The lowest BCUT2D eigenvalue weighted by molar-refractivity contribution is -0.00162. The minimum Gasteiger partial charge on any atom is -0.392 e. The largest absolute Gasteiger partial charge is 0.392 e. The average molecular weight is 180 g/mol. The van der Waals surface area contributed by atoms with E-state index in [-0.39, 0.29) is 11.7 Å². The number of morpholine rings is 1. The minimum absolute atomic E-state index is 0.206. The van der Waals surface area contributed by atoms with E-state index in [1.807, 2.05) is 0 Å².